The van der Waals surface area contributed by atoms with Crippen molar-refractivity contribution in [3.63, 3.8) is 0 Å². The van der Waals surface area contributed by atoms with Crippen molar-refractivity contribution in [2.45, 2.75) is 20.3 Å². The van der Waals surface area contributed by atoms with Crippen LogP contribution in [0.15, 0.2) is 60.0 Å². The molecule has 1 aromatic heterocycles. The molecule has 0 fully saturated rings. The fourth-order valence-electron chi connectivity index (χ4n) is 3.93. The Morgan fingerprint density at radius 2 is 1.94 bits per heavy atom. The summed E-state index contributed by atoms with van der Waals surface area (Å²) < 4.78 is 7.97. The Balaban J connectivity index is 1.91. The number of ether oxygens (including phenoxy) is 1. The van der Waals surface area contributed by atoms with E-state index in [1.54, 1.807) is 17.7 Å². The van der Waals surface area contributed by atoms with Crippen molar-refractivity contribution >= 4 is 17.3 Å². The molecule has 6 heteroatoms. The van der Waals surface area contributed by atoms with Gasteiger partial charge in [-0.2, -0.15) is 0 Å². The van der Waals surface area contributed by atoms with Crippen LogP contribution in [0.25, 0.3) is 11.1 Å². The quantitative estimate of drug-likeness (QED) is 0.600. The number of fused-ring (bicyclic) bond motifs is 1. The van der Waals surface area contributed by atoms with Crippen LogP contribution >= 0.6 is 0 Å². The molecule has 1 amide bonds. The molecule has 2 N–H and O–H groups in total. The monoisotopic (exact) mass is 415 g/mol. The van der Waals surface area contributed by atoms with Gasteiger partial charge in [-0.25, -0.2) is 0 Å². The standard InChI is InChI=1S/C25H25N3O3/c1-5-22(29)27-17-9-10-21(31-24-15(2)7-6-8-16(24)3)19(13-17)20-14-28(4)25(30)23-18(20)11-12-26-23/h5-10,13-14,26H,1,11-12H2,2-4H3,(H,27,29). The van der Waals surface area contributed by atoms with Gasteiger partial charge in [0.05, 0.1) is 0 Å². The van der Waals surface area contributed by atoms with Crippen LogP contribution < -0.4 is 20.9 Å². The maximum atomic E-state index is 12.6. The first-order valence-electron chi connectivity index (χ1n) is 10.2. The molecule has 0 radical (unpaired) electrons. The molecule has 0 spiro atoms. The lowest BCUT2D eigenvalue weighted by atomic mass is 9.98. The number of carbonyl (C=O) groups excluding carboxylic acids is 1. The first-order chi connectivity index (χ1) is 14.9. The minimum atomic E-state index is -0.290. The Bertz CT molecular complexity index is 1240. The van der Waals surface area contributed by atoms with Gasteiger partial charge in [0.15, 0.2) is 0 Å². The van der Waals surface area contributed by atoms with Crippen LogP contribution in [0.2, 0.25) is 0 Å². The first kappa shape index (κ1) is 20.5. The summed E-state index contributed by atoms with van der Waals surface area (Å²) in [5, 5.41) is 6.02. The SMILES string of the molecule is C=CC(=O)Nc1ccc(Oc2c(C)cccc2C)c(-c2cn(C)c(=O)c3c2CCN3)c1. The van der Waals surface area contributed by atoms with E-state index in [-0.39, 0.29) is 11.5 Å². The normalized spacial score (nSPS) is 12.1. The fourth-order valence-corrected chi connectivity index (χ4v) is 3.93. The summed E-state index contributed by atoms with van der Waals surface area (Å²) >= 11 is 0. The summed E-state index contributed by atoms with van der Waals surface area (Å²) in [6, 6.07) is 11.5. The second kappa shape index (κ2) is 8.14. The Kier molecular flexibility index (Phi) is 5.38. The van der Waals surface area contributed by atoms with Crippen molar-refractivity contribution in [2.24, 2.45) is 7.05 Å². The summed E-state index contributed by atoms with van der Waals surface area (Å²) in [7, 11) is 1.74. The Morgan fingerprint density at radius 1 is 1.19 bits per heavy atom. The topological polar surface area (TPSA) is 72.4 Å². The van der Waals surface area contributed by atoms with Crippen molar-refractivity contribution in [1.29, 1.82) is 0 Å². The number of carbonyl (C=O) groups is 1. The van der Waals surface area contributed by atoms with Gasteiger partial charge in [-0.15, -0.1) is 0 Å². The number of aromatic nitrogens is 1. The summed E-state index contributed by atoms with van der Waals surface area (Å²) in [5.41, 5.74) is 5.93. The molecule has 0 unspecified atom stereocenters. The lowest BCUT2D eigenvalue weighted by molar-refractivity contribution is -0.111. The van der Waals surface area contributed by atoms with Crippen molar-refractivity contribution in [3.05, 3.63) is 82.3 Å². The van der Waals surface area contributed by atoms with E-state index in [2.05, 4.69) is 17.2 Å². The third-order valence-electron chi connectivity index (χ3n) is 5.50. The highest BCUT2D eigenvalue weighted by Gasteiger charge is 2.23. The van der Waals surface area contributed by atoms with E-state index in [0.29, 0.717) is 23.7 Å². The van der Waals surface area contributed by atoms with Gasteiger partial charge in [-0.05, 0) is 61.2 Å². The van der Waals surface area contributed by atoms with E-state index in [4.69, 9.17) is 4.74 Å². The molecule has 3 aromatic rings. The number of hydrogen-bond acceptors (Lipinski definition) is 4. The minimum Gasteiger partial charge on any atom is -0.456 e. The molecule has 0 saturated heterocycles. The average Bonchev–Trinajstić information content (AvgIpc) is 3.24. The number of nitrogens with zero attached hydrogens (tertiary/aromatic N) is 1. The van der Waals surface area contributed by atoms with Crippen molar-refractivity contribution < 1.29 is 9.53 Å². The van der Waals surface area contributed by atoms with Crippen LogP contribution in [-0.4, -0.2) is 17.0 Å². The zero-order valence-corrected chi connectivity index (χ0v) is 17.9. The highest BCUT2D eigenvalue weighted by molar-refractivity contribution is 5.99. The number of para-hydroxylation sites is 1. The van der Waals surface area contributed by atoms with Crippen molar-refractivity contribution in [2.75, 3.05) is 17.2 Å². The molecule has 2 heterocycles. The molecule has 1 aliphatic rings. The van der Waals surface area contributed by atoms with Gasteiger partial charge >= 0.3 is 0 Å². The molecule has 0 aliphatic carbocycles. The molecule has 158 valence electrons. The molecule has 0 atom stereocenters. The summed E-state index contributed by atoms with van der Waals surface area (Å²) in [6.07, 6.45) is 3.81. The van der Waals surface area contributed by atoms with Gasteiger partial charge in [0.25, 0.3) is 5.56 Å². The molecule has 31 heavy (non-hydrogen) atoms. The molecule has 0 saturated carbocycles. The molecule has 1 aliphatic heterocycles. The predicted octanol–water partition coefficient (Wildman–Crippen LogP) is 4.55. The van der Waals surface area contributed by atoms with Crippen molar-refractivity contribution in [1.82, 2.24) is 4.57 Å². The number of pyridine rings is 1. The highest BCUT2D eigenvalue weighted by atomic mass is 16.5. The third kappa shape index (κ3) is 3.84. The lowest BCUT2D eigenvalue weighted by Gasteiger charge is -2.18. The van der Waals surface area contributed by atoms with E-state index >= 15 is 0 Å². The van der Waals surface area contributed by atoms with E-state index in [9.17, 15) is 9.59 Å². The number of hydrogen-bond donors (Lipinski definition) is 2. The minimum absolute atomic E-state index is 0.0513. The Morgan fingerprint density at radius 3 is 2.65 bits per heavy atom. The number of benzene rings is 2. The number of nitrogens with one attached hydrogen (secondary N) is 2. The van der Waals surface area contributed by atoms with Crippen LogP contribution in [0.1, 0.15) is 16.7 Å². The van der Waals surface area contributed by atoms with Gasteiger partial charge in [0.1, 0.15) is 17.2 Å². The van der Waals surface area contributed by atoms with Crippen LogP contribution in [-0.2, 0) is 18.3 Å². The molecule has 2 aromatic carbocycles. The van der Waals surface area contributed by atoms with Gasteiger partial charge < -0.3 is 19.9 Å². The molecular formula is C25H25N3O3. The summed E-state index contributed by atoms with van der Waals surface area (Å²) in [5.74, 6) is 1.16. The van der Waals surface area contributed by atoms with E-state index in [1.165, 1.54) is 6.08 Å². The van der Waals surface area contributed by atoms with Gasteiger partial charge in [-0.3, -0.25) is 9.59 Å². The smallest absolute Gasteiger partial charge is 0.273 e. The average molecular weight is 415 g/mol. The van der Waals surface area contributed by atoms with Crippen LogP contribution in [0.5, 0.6) is 11.5 Å². The van der Waals surface area contributed by atoms with E-state index < -0.39 is 0 Å². The first-order valence-corrected chi connectivity index (χ1v) is 10.2. The lowest BCUT2D eigenvalue weighted by Crippen LogP contribution is -2.19. The maximum Gasteiger partial charge on any atom is 0.273 e. The number of aryl methyl sites for hydroxylation is 3. The van der Waals surface area contributed by atoms with E-state index in [1.807, 2.05) is 50.4 Å². The third-order valence-corrected chi connectivity index (χ3v) is 5.50. The van der Waals surface area contributed by atoms with Crippen LogP contribution in [0.3, 0.4) is 0 Å². The number of rotatable bonds is 5. The van der Waals surface area contributed by atoms with Crippen molar-refractivity contribution in [3.8, 4) is 22.6 Å². The van der Waals surface area contributed by atoms with Crippen LogP contribution in [0, 0.1) is 13.8 Å². The van der Waals surface area contributed by atoms with Gasteiger partial charge in [-0.1, -0.05) is 24.8 Å². The largest absolute Gasteiger partial charge is 0.456 e. The number of anilines is 2. The molecule has 4 rings (SSSR count). The molecule has 0 bridgehead atoms. The maximum absolute atomic E-state index is 12.6. The highest BCUT2D eigenvalue weighted by Crippen LogP contribution is 2.40. The van der Waals surface area contributed by atoms with Gasteiger partial charge in [0, 0.05) is 36.6 Å². The Labute approximate surface area is 181 Å². The number of amides is 1. The second-order valence-corrected chi connectivity index (χ2v) is 7.72. The summed E-state index contributed by atoms with van der Waals surface area (Å²) in [4.78, 5) is 24.4. The molecule has 6 nitrogen and oxygen atoms in total. The second-order valence-electron chi connectivity index (χ2n) is 7.72. The Hall–Kier alpha value is -3.80. The zero-order chi connectivity index (χ0) is 22.1. The summed E-state index contributed by atoms with van der Waals surface area (Å²) in [6.45, 7) is 8.24. The predicted molar refractivity (Wildman–Crippen MR) is 124 cm³/mol. The van der Waals surface area contributed by atoms with E-state index in [0.717, 1.165) is 40.0 Å². The zero-order valence-electron chi connectivity index (χ0n) is 17.9. The molecular weight excluding hydrogens is 390 g/mol. The van der Waals surface area contributed by atoms with Crippen LogP contribution in [0.4, 0.5) is 11.4 Å². The fraction of sp³-hybridized carbons (Fsp3) is 0.200. The van der Waals surface area contributed by atoms with Gasteiger partial charge in [0.2, 0.25) is 5.91 Å².